The van der Waals surface area contributed by atoms with Crippen LogP contribution in [0.25, 0.3) is 11.0 Å². The minimum absolute atomic E-state index is 0.0334. The number of non-ortho nitro benzene ring substituents is 1. The van der Waals surface area contributed by atoms with E-state index in [9.17, 15) is 14.9 Å². The molecule has 1 saturated carbocycles. The Labute approximate surface area is 162 Å². The van der Waals surface area contributed by atoms with E-state index in [0.29, 0.717) is 36.3 Å². The average Bonchev–Trinajstić information content (AvgIpc) is 2.95. The summed E-state index contributed by atoms with van der Waals surface area (Å²) in [6, 6.07) is 4.51. The van der Waals surface area contributed by atoms with Crippen molar-refractivity contribution in [2.24, 2.45) is 5.41 Å². The first-order valence-corrected chi connectivity index (χ1v) is 9.43. The van der Waals surface area contributed by atoms with Crippen LogP contribution in [0.2, 0.25) is 0 Å². The minimum Gasteiger partial charge on any atom is -0.383 e. The SMILES string of the molecule is COCCNC(=O)C12CCC(C)(c3nc4ccc([N+](=O)[O-])cc4nc31)C2(C)C. The van der Waals surface area contributed by atoms with Crippen molar-refractivity contribution in [1.29, 1.82) is 0 Å². The lowest BCUT2D eigenvalue weighted by Gasteiger charge is -2.39. The van der Waals surface area contributed by atoms with Gasteiger partial charge < -0.3 is 10.1 Å². The Balaban J connectivity index is 1.91. The lowest BCUT2D eigenvalue weighted by Crippen LogP contribution is -2.51. The van der Waals surface area contributed by atoms with E-state index in [1.165, 1.54) is 12.1 Å². The number of methoxy groups -OCH3 is 1. The molecule has 0 radical (unpaired) electrons. The summed E-state index contributed by atoms with van der Waals surface area (Å²) < 4.78 is 5.06. The Hall–Kier alpha value is -2.61. The van der Waals surface area contributed by atoms with Gasteiger partial charge in [0, 0.05) is 31.2 Å². The molecule has 1 heterocycles. The predicted molar refractivity (Wildman–Crippen MR) is 103 cm³/mol. The largest absolute Gasteiger partial charge is 0.383 e. The molecule has 1 amide bonds. The summed E-state index contributed by atoms with van der Waals surface area (Å²) in [5, 5.41) is 14.2. The summed E-state index contributed by atoms with van der Waals surface area (Å²) in [5.41, 5.74) is 1.05. The maximum Gasteiger partial charge on any atom is 0.271 e. The molecule has 4 rings (SSSR count). The number of fused-ring (bicyclic) bond motifs is 6. The first kappa shape index (κ1) is 18.7. The summed E-state index contributed by atoms with van der Waals surface area (Å²) in [6.07, 6.45) is 1.52. The van der Waals surface area contributed by atoms with Gasteiger partial charge in [-0.05, 0) is 24.3 Å². The van der Waals surface area contributed by atoms with Gasteiger partial charge in [-0.2, -0.15) is 0 Å². The van der Waals surface area contributed by atoms with E-state index in [4.69, 9.17) is 14.7 Å². The highest BCUT2D eigenvalue weighted by molar-refractivity contribution is 5.93. The summed E-state index contributed by atoms with van der Waals surface area (Å²) in [7, 11) is 1.59. The Bertz CT molecular complexity index is 1010. The third kappa shape index (κ3) is 2.12. The average molecular weight is 384 g/mol. The number of nitrogens with one attached hydrogen (secondary N) is 1. The van der Waals surface area contributed by atoms with Crippen molar-refractivity contribution in [1.82, 2.24) is 15.3 Å². The molecule has 148 valence electrons. The molecular formula is C20H24N4O4. The molecule has 0 saturated heterocycles. The molecule has 1 aromatic carbocycles. The molecule has 0 aliphatic heterocycles. The summed E-state index contributed by atoms with van der Waals surface area (Å²) in [5.74, 6) is -0.0731. The van der Waals surface area contributed by atoms with Crippen LogP contribution in [0.4, 0.5) is 5.69 Å². The van der Waals surface area contributed by atoms with Crippen LogP contribution < -0.4 is 5.32 Å². The van der Waals surface area contributed by atoms with E-state index >= 15 is 0 Å². The second-order valence-corrected chi connectivity index (χ2v) is 8.46. The van der Waals surface area contributed by atoms with Crippen molar-refractivity contribution in [2.45, 2.75) is 44.4 Å². The van der Waals surface area contributed by atoms with E-state index in [1.54, 1.807) is 13.2 Å². The van der Waals surface area contributed by atoms with Crippen molar-refractivity contribution < 1.29 is 14.5 Å². The summed E-state index contributed by atoms with van der Waals surface area (Å²) in [6.45, 7) is 7.21. The molecule has 2 bridgehead atoms. The lowest BCUT2D eigenvalue weighted by atomic mass is 9.63. The van der Waals surface area contributed by atoms with E-state index in [2.05, 4.69) is 26.1 Å². The number of carbonyl (C=O) groups is 1. The molecule has 1 N–H and O–H groups in total. The minimum atomic E-state index is -0.809. The van der Waals surface area contributed by atoms with Gasteiger partial charge in [0.1, 0.15) is 0 Å². The first-order valence-electron chi connectivity index (χ1n) is 9.43. The van der Waals surface area contributed by atoms with Gasteiger partial charge in [0.2, 0.25) is 5.91 Å². The highest BCUT2D eigenvalue weighted by atomic mass is 16.6. The van der Waals surface area contributed by atoms with Crippen molar-refractivity contribution in [3.63, 3.8) is 0 Å². The third-order valence-corrected chi connectivity index (χ3v) is 7.21. The van der Waals surface area contributed by atoms with E-state index in [-0.39, 0.29) is 22.4 Å². The normalized spacial score (nSPS) is 27.0. The fraction of sp³-hybridized carbons (Fsp3) is 0.550. The Morgan fingerprint density at radius 2 is 1.93 bits per heavy atom. The van der Waals surface area contributed by atoms with Crippen LogP contribution in [-0.2, 0) is 20.4 Å². The number of rotatable bonds is 5. The standard InChI is InChI=1S/C20H24N4O4/c1-18(2)19(3)7-8-20(18,17(25)21-9-10-28-4)16-15(19)22-13-6-5-12(24(26)27)11-14(13)23-16/h5-6,11H,7-10H2,1-4H3,(H,21,25). The number of hydrogen-bond acceptors (Lipinski definition) is 6. The maximum absolute atomic E-state index is 13.4. The molecule has 2 atom stereocenters. The van der Waals surface area contributed by atoms with Gasteiger partial charge in [-0.15, -0.1) is 0 Å². The quantitative estimate of drug-likeness (QED) is 0.482. The number of carbonyl (C=O) groups excluding carboxylic acids is 1. The number of benzene rings is 1. The number of ether oxygens (including phenoxy) is 1. The smallest absolute Gasteiger partial charge is 0.271 e. The molecule has 2 aliphatic rings. The molecule has 2 aromatic rings. The van der Waals surface area contributed by atoms with Gasteiger partial charge in [-0.3, -0.25) is 14.9 Å². The van der Waals surface area contributed by atoms with Crippen LogP contribution >= 0.6 is 0 Å². The second kappa shape index (κ2) is 5.94. The zero-order chi connectivity index (χ0) is 20.3. The zero-order valence-electron chi connectivity index (χ0n) is 16.5. The lowest BCUT2D eigenvalue weighted by molar-refractivity contribution is -0.384. The fourth-order valence-electron chi connectivity index (χ4n) is 5.12. The molecule has 28 heavy (non-hydrogen) atoms. The second-order valence-electron chi connectivity index (χ2n) is 8.46. The van der Waals surface area contributed by atoms with Gasteiger partial charge in [0.15, 0.2) is 0 Å². The Kier molecular flexibility index (Phi) is 3.98. The molecule has 2 aliphatic carbocycles. The highest BCUT2D eigenvalue weighted by Crippen LogP contribution is 2.70. The van der Waals surface area contributed by atoms with E-state index < -0.39 is 10.3 Å². The fourth-order valence-corrected chi connectivity index (χ4v) is 5.12. The Morgan fingerprint density at radius 3 is 2.61 bits per heavy atom. The van der Waals surface area contributed by atoms with Crippen molar-refractivity contribution in [3.05, 3.63) is 39.7 Å². The van der Waals surface area contributed by atoms with Gasteiger partial charge >= 0.3 is 0 Å². The molecule has 2 unspecified atom stereocenters. The van der Waals surface area contributed by atoms with Crippen molar-refractivity contribution in [2.75, 3.05) is 20.3 Å². The number of nitrogens with zero attached hydrogens (tertiary/aromatic N) is 3. The maximum atomic E-state index is 13.4. The van der Waals surface area contributed by atoms with Gasteiger partial charge in [-0.1, -0.05) is 20.8 Å². The number of amides is 1. The number of hydrogen-bond donors (Lipinski definition) is 1. The Morgan fingerprint density at radius 1 is 1.21 bits per heavy atom. The van der Waals surface area contributed by atoms with Crippen LogP contribution in [0.15, 0.2) is 18.2 Å². The first-order chi connectivity index (χ1) is 13.2. The molecule has 8 nitrogen and oxygen atoms in total. The van der Waals surface area contributed by atoms with Crippen LogP contribution in [0.5, 0.6) is 0 Å². The van der Waals surface area contributed by atoms with Crippen LogP contribution in [0.1, 0.15) is 45.0 Å². The van der Waals surface area contributed by atoms with Crippen molar-refractivity contribution >= 4 is 22.6 Å². The number of aromatic nitrogens is 2. The molecule has 8 heteroatoms. The summed E-state index contributed by atoms with van der Waals surface area (Å²) in [4.78, 5) is 33.7. The number of nitro groups is 1. The van der Waals surface area contributed by atoms with Crippen molar-refractivity contribution in [3.8, 4) is 0 Å². The van der Waals surface area contributed by atoms with E-state index in [0.717, 1.165) is 12.1 Å². The topological polar surface area (TPSA) is 107 Å². The van der Waals surface area contributed by atoms with Crippen LogP contribution in [0, 0.1) is 15.5 Å². The molecular weight excluding hydrogens is 360 g/mol. The van der Waals surface area contributed by atoms with E-state index in [1.807, 2.05) is 0 Å². The third-order valence-electron chi connectivity index (χ3n) is 7.21. The zero-order valence-corrected chi connectivity index (χ0v) is 16.5. The molecule has 1 fully saturated rings. The molecule has 0 spiro atoms. The predicted octanol–water partition coefficient (Wildman–Crippen LogP) is 2.63. The molecule has 1 aromatic heterocycles. The van der Waals surface area contributed by atoms with Gasteiger partial charge in [0.25, 0.3) is 5.69 Å². The monoisotopic (exact) mass is 384 g/mol. The number of nitro benzene ring substituents is 1. The van der Waals surface area contributed by atoms with Crippen LogP contribution in [-0.4, -0.2) is 41.1 Å². The highest BCUT2D eigenvalue weighted by Gasteiger charge is 2.73. The van der Waals surface area contributed by atoms with Gasteiger partial charge in [-0.25, -0.2) is 9.97 Å². The van der Waals surface area contributed by atoms with Gasteiger partial charge in [0.05, 0.1) is 39.4 Å². The van der Waals surface area contributed by atoms with Crippen LogP contribution in [0.3, 0.4) is 0 Å². The summed E-state index contributed by atoms with van der Waals surface area (Å²) >= 11 is 0.